The summed E-state index contributed by atoms with van der Waals surface area (Å²) in [5.41, 5.74) is 5.04. The fourth-order valence-corrected chi connectivity index (χ4v) is 2.93. The largest absolute Gasteiger partial charge is 0.458 e. The summed E-state index contributed by atoms with van der Waals surface area (Å²) in [7, 11) is 0. The molecule has 1 atom stereocenters. The monoisotopic (exact) mass is 351 g/mol. The van der Waals surface area contributed by atoms with Crippen molar-refractivity contribution in [3.05, 3.63) is 18.7 Å². The highest BCUT2D eigenvalue weighted by molar-refractivity contribution is 5.74. The Balaban J connectivity index is 2.24. The molecule has 1 heterocycles. The van der Waals surface area contributed by atoms with Crippen molar-refractivity contribution in [2.24, 2.45) is 5.73 Å². The van der Waals surface area contributed by atoms with Crippen LogP contribution in [0.25, 0.3) is 0 Å². The Hall–Kier alpha value is -1.36. The van der Waals surface area contributed by atoms with E-state index in [-0.39, 0.29) is 12.0 Å². The predicted octanol–water partition coefficient (Wildman–Crippen LogP) is 4.63. The lowest BCUT2D eigenvalue weighted by atomic mass is 10.0. The molecule has 5 nitrogen and oxygen atoms in total. The van der Waals surface area contributed by atoms with Crippen LogP contribution in [0.3, 0.4) is 0 Å². The van der Waals surface area contributed by atoms with Crippen molar-refractivity contribution >= 4 is 5.97 Å². The third kappa shape index (κ3) is 10.3. The van der Waals surface area contributed by atoms with Crippen molar-refractivity contribution in [2.75, 3.05) is 6.54 Å². The average Bonchev–Trinajstić information content (AvgIpc) is 3.05. The Labute approximate surface area is 153 Å². The molecule has 0 aromatic carbocycles. The van der Waals surface area contributed by atoms with Crippen molar-refractivity contribution in [1.29, 1.82) is 0 Å². The minimum atomic E-state index is -0.459. The van der Waals surface area contributed by atoms with Gasteiger partial charge in [0.15, 0.2) is 0 Å². The number of hydrogen-bond donors (Lipinski definition) is 1. The second kappa shape index (κ2) is 12.1. The van der Waals surface area contributed by atoms with Gasteiger partial charge < -0.3 is 15.0 Å². The highest BCUT2D eigenvalue weighted by Gasteiger charge is 2.25. The molecule has 0 amide bonds. The summed E-state index contributed by atoms with van der Waals surface area (Å²) >= 11 is 0. The average molecular weight is 352 g/mol. The molecule has 0 aliphatic rings. The first-order valence-corrected chi connectivity index (χ1v) is 9.84. The summed E-state index contributed by atoms with van der Waals surface area (Å²) in [5, 5.41) is 0. The van der Waals surface area contributed by atoms with Crippen molar-refractivity contribution in [2.45, 2.75) is 96.6 Å². The molecule has 0 aliphatic heterocycles. The van der Waals surface area contributed by atoms with Crippen molar-refractivity contribution in [1.82, 2.24) is 9.55 Å². The number of imidazole rings is 1. The summed E-state index contributed by atoms with van der Waals surface area (Å²) in [6.45, 7) is 6.53. The van der Waals surface area contributed by atoms with Crippen LogP contribution in [0.5, 0.6) is 0 Å². The summed E-state index contributed by atoms with van der Waals surface area (Å²) in [5.74, 6) is -0.162. The fourth-order valence-electron chi connectivity index (χ4n) is 2.93. The van der Waals surface area contributed by atoms with E-state index in [2.05, 4.69) is 4.98 Å². The molecule has 1 aromatic rings. The van der Waals surface area contributed by atoms with Gasteiger partial charge in [0.1, 0.15) is 11.6 Å². The zero-order valence-corrected chi connectivity index (χ0v) is 16.4. The number of ether oxygens (including phenoxy) is 1. The summed E-state index contributed by atoms with van der Waals surface area (Å²) in [4.78, 5) is 16.5. The topological polar surface area (TPSA) is 70.1 Å². The van der Waals surface area contributed by atoms with Crippen LogP contribution in [0.4, 0.5) is 0 Å². The molecule has 0 radical (unpaired) electrons. The Morgan fingerprint density at radius 2 is 1.60 bits per heavy atom. The highest BCUT2D eigenvalue weighted by Crippen LogP contribution is 2.21. The van der Waals surface area contributed by atoms with Gasteiger partial charge in [-0.25, -0.2) is 9.78 Å². The molecule has 1 unspecified atom stereocenters. The minimum absolute atomic E-state index is 0.162. The minimum Gasteiger partial charge on any atom is -0.458 e. The highest BCUT2D eigenvalue weighted by atomic mass is 16.6. The Morgan fingerprint density at radius 3 is 2.08 bits per heavy atom. The normalized spacial score (nSPS) is 13.0. The summed E-state index contributed by atoms with van der Waals surface area (Å²) in [6, 6.07) is -0.266. The van der Waals surface area contributed by atoms with Gasteiger partial charge in [-0.2, -0.15) is 0 Å². The zero-order chi connectivity index (χ0) is 18.5. The van der Waals surface area contributed by atoms with Crippen LogP contribution < -0.4 is 5.73 Å². The number of nitrogens with zero attached hydrogens (tertiary/aromatic N) is 2. The maximum Gasteiger partial charge on any atom is 0.329 e. The van der Waals surface area contributed by atoms with Crippen LogP contribution >= 0.6 is 0 Å². The Kier molecular flexibility index (Phi) is 10.5. The first kappa shape index (κ1) is 21.7. The van der Waals surface area contributed by atoms with Crippen LogP contribution in [-0.2, 0) is 9.53 Å². The number of esters is 1. The van der Waals surface area contributed by atoms with Gasteiger partial charge in [0.25, 0.3) is 0 Å². The first-order chi connectivity index (χ1) is 11.9. The fraction of sp³-hybridized carbons (Fsp3) is 0.800. The van der Waals surface area contributed by atoms with Gasteiger partial charge in [-0.3, -0.25) is 0 Å². The van der Waals surface area contributed by atoms with E-state index in [0.29, 0.717) is 0 Å². The van der Waals surface area contributed by atoms with E-state index in [1.54, 1.807) is 12.5 Å². The number of unbranched alkanes of at least 4 members (excludes halogenated alkanes) is 8. The molecule has 0 saturated heterocycles. The predicted molar refractivity (Wildman–Crippen MR) is 102 cm³/mol. The number of carbonyl (C=O) groups is 1. The molecular formula is C20H37N3O2. The van der Waals surface area contributed by atoms with Crippen LogP contribution in [0.1, 0.15) is 91.0 Å². The van der Waals surface area contributed by atoms with Crippen LogP contribution in [0.15, 0.2) is 18.7 Å². The van der Waals surface area contributed by atoms with E-state index in [1.807, 2.05) is 31.5 Å². The van der Waals surface area contributed by atoms with Crippen LogP contribution in [-0.4, -0.2) is 27.7 Å². The van der Waals surface area contributed by atoms with E-state index in [0.717, 1.165) is 32.2 Å². The van der Waals surface area contributed by atoms with Crippen molar-refractivity contribution < 1.29 is 9.53 Å². The van der Waals surface area contributed by atoms with E-state index < -0.39 is 5.60 Å². The molecule has 5 heteroatoms. The Bertz CT molecular complexity index is 452. The van der Waals surface area contributed by atoms with E-state index >= 15 is 0 Å². The number of rotatable bonds is 13. The van der Waals surface area contributed by atoms with E-state index in [1.165, 1.54) is 38.5 Å². The molecule has 1 aromatic heterocycles. The third-order valence-electron chi connectivity index (χ3n) is 4.25. The maximum atomic E-state index is 12.5. The van der Waals surface area contributed by atoms with Gasteiger partial charge >= 0.3 is 5.97 Å². The van der Waals surface area contributed by atoms with Gasteiger partial charge in [0, 0.05) is 12.4 Å². The molecule has 2 N–H and O–H groups in total. The lowest BCUT2D eigenvalue weighted by molar-refractivity contribution is -0.159. The smallest absolute Gasteiger partial charge is 0.329 e. The van der Waals surface area contributed by atoms with Crippen LogP contribution in [0, 0.1) is 0 Å². The molecular weight excluding hydrogens is 314 g/mol. The molecule has 0 fully saturated rings. The van der Waals surface area contributed by atoms with E-state index in [4.69, 9.17) is 10.5 Å². The van der Waals surface area contributed by atoms with Gasteiger partial charge in [0.05, 0.1) is 6.33 Å². The zero-order valence-electron chi connectivity index (χ0n) is 16.4. The first-order valence-electron chi connectivity index (χ1n) is 9.84. The maximum absolute atomic E-state index is 12.5. The number of carbonyl (C=O) groups excluding carboxylic acids is 1. The quantitative estimate of drug-likeness (QED) is 0.415. The van der Waals surface area contributed by atoms with Gasteiger partial charge in [-0.15, -0.1) is 0 Å². The van der Waals surface area contributed by atoms with Gasteiger partial charge in [0.2, 0.25) is 0 Å². The molecule has 25 heavy (non-hydrogen) atoms. The molecule has 0 spiro atoms. The van der Waals surface area contributed by atoms with E-state index in [9.17, 15) is 4.79 Å². The lowest BCUT2D eigenvalue weighted by Gasteiger charge is -2.24. The van der Waals surface area contributed by atoms with Crippen molar-refractivity contribution in [3.63, 3.8) is 0 Å². The standard InChI is InChI=1S/C20H37N3O2/c1-20(2,3)25-19(24)18(23-16-15-22-17-23)13-11-9-7-5-4-6-8-10-12-14-21/h15-18H,4-14,21H2,1-3H3. The van der Waals surface area contributed by atoms with Gasteiger partial charge in [-0.05, 0) is 40.2 Å². The number of nitrogens with two attached hydrogens (primary N) is 1. The second-order valence-corrected chi connectivity index (χ2v) is 7.82. The third-order valence-corrected chi connectivity index (χ3v) is 4.25. The molecule has 1 rings (SSSR count). The molecule has 0 bridgehead atoms. The molecule has 144 valence electrons. The number of hydrogen-bond acceptors (Lipinski definition) is 4. The van der Waals surface area contributed by atoms with Crippen molar-refractivity contribution in [3.8, 4) is 0 Å². The Morgan fingerprint density at radius 1 is 1.04 bits per heavy atom. The second-order valence-electron chi connectivity index (χ2n) is 7.82. The number of aromatic nitrogens is 2. The van der Waals surface area contributed by atoms with Gasteiger partial charge in [-0.1, -0.05) is 51.4 Å². The summed E-state index contributed by atoms with van der Waals surface area (Å²) in [6.07, 6.45) is 17.1. The molecule has 0 saturated carbocycles. The lowest BCUT2D eigenvalue weighted by Crippen LogP contribution is -2.30. The molecule has 0 aliphatic carbocycles. The van der Waals surface area contributed by atoms with Crippen LogP contribution in [0.2, 0.25) is 0 Å². The summed E-state index contributed by atoms with van der Waals surface area (Å²) < 4.78 is 7.44. The SMILES string of the molecule is CC(C)(C)OC(=O)C(CCCCCCCCCCCN)n1ccnc1.